The molecule has 4 heterocycles. The summed E-state index contributed by atoms with van der Waals surface area (Å²) in [6, 6.07) is 6.06. The van der Waals surface area contributed by atoms with Crippen LogP contribution in [0.15, 0.2) is 84.1 Å². The number of imidazole rings is 1. The quantitative estimate of drug-likeness (QED) is 0.211. The van der Waals surface area contributed by atoms with E-state index in [0.29, 0.717) is 18.0 Å². The maximum atomic E-state index is 6.35. The Morgan fingerprint density at radius 2 is 2.11 bits per heavy atom. The van der Waals surface area contributed by atoms with Crippen LogP contribution < -0.4 is 11.1 Å². The van der Waals surface area contributed by atoms with Gasteiger partial charge in [0.2, 0.25) is 0 Å². The summed E-state index contributed by atoms with van der Waals surface area (Å²) in [4.78, 5) is 17.5. The lowest BCUT2D eigenvalue weighted by Gasteiger charge is -2.17. The van der Waals surface area contributed by atoms with Gasteiger partial charge in [-0.25, -0.2) is 4.98 Å². The van der Waals surface area contributed by atoms with Crippen molar-refractivity contribution >= 4 is 33.6 Å². The maximum Gasteiger partial charge on any atom is 0.115 e. The minimum Gasteiger partial charge on any atom is -0.397 e. The molecule has 0 bridgehead atoms. The molecule has 0 radical (unpaired) electrons. The SMILES string of the molecule is C=C/C(=C\C(=C/C)c1cc(Cc2nc3c(-c4ccsc4)nccc3[nH]2)c(N)cn1)NC(=C)C1CCCC1. The van der Waals surface area contributed by atoms with Gasteiger partial charge in [-0.2, -0.15) is 11.3 Å². The molecule has 1 aliphatic rings. The fourth-order valence-corrected chi connectivity index (χ4v) is 5.50. The van der Waals surface area contributed by atoms with Gasteiger partial charge in [0.25, 0.3) is 0 Å². The molecular weight excluding hydrogens is 476 g/mol. The summed E-state index contributed by atoms with van der Waals surface area (Å²) in [5.74, 6) is 1.36. The summed E-state index contributed by atoms with van der Waals surface area (Å²) in [6.45, 7) is 10.3. The summed E-state index contributed by atoms with van der Waals surface area (Å²) in [6.07, 6.45) is 15.0. The molecule has 188 valence electrons. The highest BCUT2D eigenvalue weighted by Gasteiger charge is 2.18. The fourth-order valence-electron chi connectivity index (χ4n) is 4.86. The van der Waals surface area contributed by atoms with Gasteiger partial charge in [0, 0.05) is 35.0 Å². The van der Waals surface area contributed by atoms with Crippen LogP contribution in [0.25, 0.3) is 27.9 Å². The number of nitrogens with zero attached hydrogens (tertiary/aromatic N) is 3. The van der Waals surface area contributed by atoms with Crippen molar-refractivity contribution in [2.45, 2.75) is 39.0 Å². The average molecular weight is 509 g/mol. The van der Waals surface area contributed by atoms with Crippen LogP contribution in [0.2, 0.25) is 0 Å². The van der Waals surface area contributed by atoms with Crippen LogP contribution in [-0.4, -0.2) is 19.9 Å². The minimum absolute atomic E-state index is 0.526. The second kappa shape index (κ2) is 11.0. The van der Waals surface area contributed by atoms with Crippen molar-refractivity contribution in [1.29, 1.82) is 0 Å². The van der Waals surface area contributed by atoms with E-state index in [1.165, 1.54) is 25.7 Å². The molecule has 4 N–H and O–H groups in total. The van der Waals surface area contributed by atoms with Gasteiger partial charge in [0.05, 0.1) is 28.8 Å². The minimum atomic E-state index is 0.526. The zero-order valence-corrected chi connectivity index (χ0v) is 21.9. The van der Waals surface area contributed by atoms with Gasteiger partial charge in [0.1, 0.15) is 11.3 Å². The monoisotopic (exact) mass is 508 g/mol. The second-order valence-electron chi connectivity index (χ2n) is 9.38. The van der Waals surface area contributed by atoms with Gasteiger partial charge in [-0.15, -0.1) is 0 Å². The Labute approximate surface area is 221 Å². The second-order valence-corrected chi connectivity index (χ2v) is 10.2. The summed E-state index contributed by atoms with van der Waals surface area (Å²) in [7, 11) is 0. The first-order chi connectivity index (χ1) is 18.1. The fraction of sp³-hybridized carbons (Fsp3) is 0.233. The number of nitrogens with one attached hydrogen (secondary N) is 2. The van der Waals surface area contributed by atoms with E-state index in [4.69, 9.17) is 10.7 Å². The van der Waals surface area contributed by atoms with Crippen LogP contribution in [0.3, 0.4) is 0 Å². The Morgan fingerprint density at radius 3 is 2.84 bits per heavy atom. The van der Waals surface area contributed by atoms with Gasteiger partial charge in [-0.1, -0.05) is 32.1 Å². The number of H-pyrrole nitrogens is 1. The zero-order chi connectivity index (χ0) is 25.8. The van der Waals surface area contributed by atoms with Crippen molar-refractivity contribution < 1.29 is 0 Å². The molecule has 6 nitrogen and oxygen atoms in total. The smallest absolute Gasteiger partial charge is 0.115 e. The molecule has 7 heteroatoms. The lowest BCUT2D eigenvalue weighted by Crippen LogP contribution is -2.16. The third-order valence-corrected chi connectivity index (χ3v) is 7.60. The van der Waals surface area contributed by atoms with E-state index in [9.17, 15) is 0 Å². The van der Waals surface area contributed by atoms with E-state index < -0.39 is 0 Å². The van der Waals surface area contributed by atoms with E-state index in [2.05, 4.69) is 50.9 Å². The number of aromatic nitrogens is 4. The number of anilines is 1. The van der Waals surface area contributed by atoms with E-state index in [-0.39, 0.29) is 0 Å². The standard InChI is InChI=1S/C30H32N6S/c1-4-20(14-24(5-2)34-19(3)21-8-6-7-9-21)27-15-23(25(31)17-33-27)16-28-35-26-10-12-32-29(30(26)36-28)22-11-13-37-18-22/h4-5,10-15,17-18,21,34H,2-3,6-9,16,31H2,1H3,(H,35,36)/b20-4+,24-14+. The molecule has 0 spiro atoms. The van der Waals surface area contributed by atoms with Crippen molar-refractivity contribution in [3.05, 3.63) is 101 Å². The summed E-state index contributed by atoms with van der Waals surface area (Å²) in [5, 5.41) is 7.61. The lowest BCUT2D eigenvalue weighted by atomic mass is 10.0. The molecule has 1 fully saturated rings. The topological polar surface area (TPSA) is 92.5 Å². The first kappa shape index (κ1) is 24.7. The number of nitrogens with two attached hydrogens (primary N) is 1. The molecule has 4 aromatic rings. The average Bonchev–Trinajstić information content (AvgIpc) is 3.69. The first-order valence-electron chi connectivity index (χ1n) is 12.6. The van der Waals surface area contributed by atoms with Gasteiger partial charge in [-0.05, 0) is 72.6 Å². The predicted octanol–water partition coefficient (Wildman–Crippen LogP) is 7.02. The van der Waals surface area contributed by atoms with Gasteiger partial charge >= 0.3 is 0 Å². The van der Waals surface area contributed by atoms with Crippen molar-refractivity contribution in [3.8, 4) is 11.3 Å². The van der Waals surface area contributed by atoms with E-state index in [1.54, 1.807) is 17.5 Å². The molecule has 0 saturated heterocycles. The number of hydrogen-bond acceptors (Lipinski definition) is 6. The molecule has 1 aliphatic carbocycles. The number of thiophene rings is 1. The third kappa shape index (κ3) is 5.42. The Bertz CT molecular complexity index is 1490. The number of aromatic amines is 1. The molecular formula is C30H32N6S. The number of fused-ring (bicyclic) bond motifs is 1. The molecule has 4 aromatic heterocycles. The van der Waals surface area contributed by atoms with Crippen LogP contribution in [0.1, 0.15) is 49.7 Å². The molecule has 5 rings (SSSR count). The van der Waals surface area contributed by atoms with Gasteiger partial charge in [-0.3, -0.25) is 9.97 Å². The third-order valence-electron chi connectivity index (χ3n) is 6.92. The van der Waals surface area contributed by atoms with E-state index in [0.717, 1.165) is 56.3 Å². The Balaban J connectivity index is 1.40. The first-order valence-corrected chi connectivity index (χ1v) is 13.6. The van der Waals surface area contributed by atoms with Crippen molar-refractivity contribution in [3.63, 3.8) is 0 Å². The number of allylic oxidation sites excluding steroid dienone is 5. The molecule has 0 aliphatic heterocycles. The van der Waals surface area contributed by atoms with Crippen LogP contribution in [0.5, 0.6) is 0 Å². The Hall–Kier alpha value is -3.97. The van der Waals surface area contributed by atoms with Crippen molar-refractivity contribution in [2.75, 3.05) is 5.73 Å². The van der Waals surface area contributed by atoms with Crippen LogP contribution in [0.4, 0.5) is 5.69 Å². The molecule has 0 amide bonds. The van der Waals surface area contributed by atoms with Crippen LogP contribution in [-0.2, 0) is 6.42 Å². The summed E-state index contributed by atoms with van der Waals surface area (Å²) in [5.41, 5.74) is 15.5. The Kier molecular flexibility index (Phi) is 7.32. The largest absolute Gasteiger partial charge is 0.397 e. The highest BCUT2D eigenvalue weighted by atomic mass is 32.1. The van der Waals surface area contributed by atoms with E-state index in [1.807, 2.05) is 42.8 Å². The maximum absolute atomic E-state index is 6.35. The Morgan fingerprint density at radius 1 is 1.27 bits per heavy atom. The van der Waals surface area contributed by atoms with Crippen LogP contribution >= 0.6 is 11.3 Å². The molecule has 37 heavy (non-hydrogen) atoms. The molecule has 0 unspecified atom stereocenters. The van der Waals surface area contributed by atoms with Crippen LogP contribution in [0, 0.1) is 5.92 Å². The summed E-state index contributed by atoms with van der Waals surface area (Å²) < 4.78 is 0. The number of pyridine rings is 2. The van der Waals surface area contributed by atoms with Gasteiger partial charge < -0.3 is 16.0 Å². The zero-order valence-electron chi connectivity index (χ0n) is 21.1. The molecule has 1 saturated carbocycles. The number of hydrogen-bond donors (Lipinski definition) is 3. The highest BCUT2D eigenvalue weighted by Crippen LogP contribution is 2.30. The summed E-state index contributed by atoms with van der Waals surface area (Å²) >= 11 is 1.65. The number of nitrogen functional groups attached to an aromatic ring is 1. The lowest BCUT2D eigenvalue weighted by molar-refractivity contribution is 0.607. The molecule has 0 atom stereocenters. The molecule has 0 aromatic carbocycles. The normalized spacial score (nSPS) is 14.8. The van der Waals surface area contributed by atoms with Crippen molar-refractivity contribution in [1.82, 2.24) is 25.3 Å². The van der Waals surface area contributed by atoms with Crippen molar-refractivity contribution in [2.24, 2.45) is 5.92 Å². The predicted molar refractivity (Wildman–Crippen MR) is 155 cm³/mol. The highest BCUT2D eigenvalue weighted by molar-refractivity contribution is 7.08. The number of rotatable bonds is 9. The van der Waals surface area contributed by atoms with Gasteiger partial charge in [0.15, 0.2) is 0 Å². The van der Waals surface area contributed by atoms with E-state index >= 15 is 0 Å².